The number of aliphatic hydroxyl groups is 1. The maximum absolute atomic E-state index is 11.7. The Hall–Kier alpha value is -0.770. The normalized spacial score (nSPS) is 39.3. The van der Waals surface area contributed by atoms with Crippen molar-refractivity contribution in [3.8, 4) is 0 Å². The molecule has 4 heteroatoms. The number of aliphatic hydroxyl groups excluding tert-OH is 1. The fraction of sp³-hybridized carbons (Fsp3) is 0.909. The summed E-state index contributed by atoms with van der Waals surface area (Å²) in [5.74, 6) is 0.272. The van der Waals surface area contributed by atoms with Crippen LogP contribution in [-0.2, 0) is 4.74 Å². The van der Waals surface area contributed by atoms with Gasteiger partial charge in [0.05, 0.1) is 19.3 Å². The molecule has 4 atom stereocenters. The highest BCUT2D eigenvalue weighted by atomic mass is 16.5. The summed E-state index contributed by atoms with van der Waals surface area (Å²) in [5.41, 5.74) is 0. The summed E-state index contributed by atoms with van der Waals surface area (Å²) in [5, 5.41) is 10.1. The van der Waals surface area contributed by atoms with Crippen LogP contribution in [0.2, 0.25) is 0 Å². The second-order valence-electron chi connectivity index (χ2n) is 4.51. The number of carbonyl (C=O) groups is 1. The van der Waals surface area contributed by atoms with E-state index < -0.39 is 0 Å². The zero-order valence-corrected chi connectivity index (χ0v) is 9.35. The fourth-order valence-corrected chi connectivity index (χ4v) is 3.22. The maximum Gasteiger partial charge on any atom is 0.410 e. The molecule has 1 amide bonds. The molecule has 1 saturated carbocycles. The Balaban J connectivity index is 2.21. The standard InChI is InChI=1S/C11H19NO3/c1-3-8-10(13)7-5-4-6-9(7)12(8)11(14)15-2/h7-10,13H,3-6H2,1-2H3/t7-,8-,9+,10+/m0/s1. The maximum atomic E-state index is 11.7. The number of methoxy groups -OCH3 is 1. The van der Waals surface area contributed by atoms with Crippen molar-refractivity contribution in [1.29, 1.82) is 0 Å². The minimum absolute atomic E-state index is 0.0484. The van der Waals surface area contributed by atoms with Gasteiger partial charge in [-0.05, 0) is 19.3 Å². The molecule has 86 valence electrons. The van der Waals surface area contributed by atoms with Crippen LogP contribution in [0.3, 0.4) is 0 Å². The van der Waals surface area contributed by atoms with Gasteiger partial charge in [0.2, 0.25) is 0 Å². The molecule has 0 unspecified atom stereocenters. The van der Waals surface area contributed by atoms with Crippen LogP contribution in [0.5, 0.6) is 0 Å². The topological polar surface area (TPSA) is 49.8 Å². The van der Waals surface area contributed by atoms with Crippen molar-refractivity contribution in [3.63, 3.8) is 0 Å². The van der Waals surface area contributed by atoms with Crippen LogP contribution in [0.4, 0.5) is 4.79 Å². The summed E-state index contributed by atoms with van der Waals surface area (Å²) in [6.45, 7) is 2.00. The Labute approximate surface area is 90.2 Å². The zero-order chi connectivity index (χ0) is 11.0. The Bertz CT molecular complexity index is 254. The molecule has 1 heterocycles. The number of hydrogen-bond acceptors (Lipinski definition) is 3. The highest BCUT2D eigenvalue weighted by Crippen LogP contribution is 2.42. The Kier molecular flexibility index (Phi) is 2.87. The molecule has 1 saturated heterocycles. The van der Waals surface area contributed by atoms with E-state index in [1.54, 1.807) is 4.90 Å². The van der Waals surface area contributed by atoms with Gasteiger partial charge in [0.25, 0.3) is 0 Å². The fourth-order valence-electron chi connectivity index (χ4n) is 3.22. The molecular weight excluding hydrogens is 194 g/mol. The number of amides is 1. The van der Waals surface area contributed by atoms with Crippen LogP contribution in [0, 0.1) is 5.92 Å². The van der Waals surface area contributed by atoms with Crippen LogP contribution in [0.25, 0.3) is 0 Å². The molecular formula is C11H19NO3. The zero-order valence-electron chi connectivity index (χ0n) is 9.35. The first-order chi connectivity index (χ1) is 7.20. The average molecular weight is 213 g/mol. The summed E-state index contributed by atoms with van der Waals surface area (Å²) in [7, 11) is 1.41. The number of likely N-dealkylation sites (tertiary alicyclic amines) is 1. The van der Waals surface area contributed by atoms with Crippen molar-refractivity contribution in [3.05, 3.63) is 0 Å². The van der Waals surface area contributed by atoms with E-state index in [0.29, 0.717) is 0 Å². The molecule has 1 aliphatic carbocycles. The van der Waals surface area contributed by atoms with Crippen molar-refractivity contribution >= 4 is 6.09 Å². The number of ether oxygens (including phenoxy) is 1. The van der Waals surface area contributed by atoms with Gasteiger partial charge >= 0.3 is 6.09 Å². The van der Waals surface area contributed by atoms with E-state index in [4.69, 9.17) is 4.74 Å². The van der Waals surface area contributed by atoms with Crippen LogP contribution in [0.1, 0.15) is 32.6 Å². The van der Waals surface area contributed by atoms with Gasteiger partial charge in [0.15, 0.2) is 0 Å². The van der Waals surface area contributed by atoms with E-state index in [1.165, 1.54) is 7.11 Å². The van der Waals surface area contributed by atoms with E-state index >= 15 is 0 Å². The molecule has 1 N–H and O–H groups in total. The number of nitrogens with zero attached hydrogens (tertiary/aromatic N) is 1. The van der Waals surface area contributed by atoms with Crippen molar-refractivity contribution in [2.45, 2.75) is 50.8 Å². The molecule has 0 bridgehead atoms. The molecule has 2 aliphatic rings. The molecule has 15 heavy (non-hydrogen) atoms. The van der Waals surface area contributed by atoms with E-state index in [9.17, 15) is 9.90 Å². The molecule has 1 aliphatic heterocycles. The van der Waals surface area contributed by atoms with Crippen LogP contribution in [-0.4, -0.2) is 41.4 Å². The molecule has 4 nitrogen and oxygen atoms in total. The highest BCUT2D eigenvalue weighted by Gasteiger charge is 2.51. The average Bonchev–Trinajstić information content (AvgIpc) is 2.79. The monoisotopic (exact) mass is 213 g/mol. The molecule has 0 aromatic rings. The van der Waals surface area contributed by atoms with E-state index in [0.717, 1.165) is 25.7 Å². The first-order valence-corrected chi connectivity index (χ1v) is 5.75. The molecule has 0 spiro atoms. The second-order valence-corrected chi connectivity index (χ2v) is 4.51. The van der Waals surface area contributed by atoms with E-state index in [2.05, 4.69) is 0 Å². The largest absolute Gasteiger partial charge is 0.453 e. The molecule has 0 radical (unpaired) electrons. The van der Waals surface area contributed by atoms with Crippen LogP contribution in [0.15, 0.2) is 0 Å². The van der Waals surface area contributed by atoms with Gasteiger partial charge in [-0.1, -0.05) is 13.3 Å². The molecule has 0 aromatic heterocycles. The lowest BCUT2D eigenvalue weighted by Crippen LogP contribution is -2.42. The third-order valence-electron chi connectivity index (χ3n) is 3.88. The van der Waals surface area contributed by atoms with Crippen molar-refractivity contribution in [2.24, 2.45) is 5.92 Å². The van der Waals surface area contributed by atoms with Crippen molar-refractivity contribution in [1.82, 2.24) is 4.90 Å². The lowest BCUT2D eigenvalue weighted by molar-refractivity contribution is 0.0717. The molecule has 2 fully saturated rings. The van der Waals surface area contributed by atoms with E-state index in [1.807, 2.05) is 6.92 Å². The van der Waals surface area contributed by atoms with Crippen molar-refractivity contribution in [2.75, 3.05) is 7.11 Å². The van der Waals surface area contributed by atoms with Crippen molar-refractivity contribution < 1.29 is 14.6 Å². The number of rotatable bonds is 1. The lowest BCUT2D eigenvalue weighted by Gasteiger charge is -2.27. The Morgan fingerprint density at radius 3 is 2.87 bits per heavy atom. The third kappa shape index (κ3) is 1.51. The summed E-state index contributed by atoms with van der Waals surface area (Å²) < 4.78 is 4.80. The van der Waals surface area contributed by atoms with Gasteiger partial charge in [0, 0.05) is 12.0 Å². The Morgan fingerprint density at radius 1 is 1.53 bits per heavy atom. The Morgan fingerprint density at radius 2 is 2.27 bits per heavy atom. The van der Waals surface area contributed by atoms with E-state index in [-0.39, 0.29) is 30.2 Å². The smallest absolute Gasteiger partial charge is 0.410 e. The summed E-state index contributed by atoms with van der Waals surface area (Å²) in [6.07, 6.45) is 3.31. The number of hydrogen-bond donors (Lipinski definition) is 1. The van der Waals surface area contributed by atoms with Gasteiger partial charge in [-0.15, -0.1) is 0 Å². The predicted octanol–water partition coefficient (Wildman–Crippen LogP) is 1.38. The van der Waals surface area contributed by atoms with Gasteiger partial charge in [-0.25, -0.2) is 4.79 Å². The predicted molar refractivity (Wildman–Crippen MR) is 55.5 cm³/mol. The minimum atomic E-state index is -0.360. The van der Waals surface area contributed by atoms with Gasteiger partial charge in [-0.2, -0.15) is 0 Å². The summed E-state index contributed by atoms with van der Waals surface area (Å²) >= 11 is 0. The van der Waals surface area contributed by atoms with Gasteiger partial charge < -0.3 is 9.84 Å². The first kappa shape index (κ1) is 10.7. The summed E-state index contributed by atoms with van der Waals surface area (Å²) in [4.78, 5) is 13.4. The van der Waals surface area contributed by atoms with Crippen LogP contribution < -0.4 is 0 Å². The quantitative estimate of drug-likeness (QED) is 0.715. The third-order valence-corrected chi connectivity index (χ3v) is 3.88. The lowest BCUT2D eigenvalue weighted by atomic mass is 9.97. The summed E-state index contributed by atoms with van der Waals surface area (Å²) in [6, 6.07) is 0.158. The van der Waals surface area contributed by atoms with Gasteiger partial charge in [-0.3, -0.25) is 4.90 Å². The minimum Gasteiger partial charge on any atom is -0.453 e. The SMILES string of the molecule is CC[C@H]1[C@H](O)[C@H]2CCC[C@H]2N1C(=O)OC. The van der Waals surface area contributed by atoms with Gasteiger partial charge in [0.1, 0.15) is 0 Å². The highest BCUT2D eigenvalue weighted by molar-refractivity contribution is 5.69. The second kappa shape index (κ2) is 4.00. The molecule has 0 aromatic carbocycles. The van der Waals surface area contributed by atoms with Crippen LogP contribution >= 0.6 is 0 Å². The number of carbonyl (C=O) groups excluding carboxylic acids is 1. The number of fused-ring (bicyclic) bond motifs is 1. The molecule has 2 rings (SSSR count). The first-order valence-electron chi connectivity index (χ1n) is 5.75.